The van der Waals surface area contributed by atoms with Crippen LogP contribution in [0.1, 0.15) is 16.7 Å². The molecular weight excluding hydrogens is 342 g/mol. The van der Waals surface area contributed by atoms with Crippen molar-refractivity contribution in [3.63, 3.8) is 0 Å². The van der Waals surface area contributed by atoms with Crippen molar-refractivity contribution in [1.82, 2.24) is 15.6 Å². The van der Waals surface area contributed by atoms with Crippen molar-refractivity contribution >= 4 is 22.8 Å². The van der Waals surface area contributed by atoms with Gasteiger partial charge in [-0.05, 0) is 29.2 Å². The Hall–Kier alpha value is -3.12. The van der Waals surface area contributed by atoms with E-state index in [1.807, 2.05) is 54.7 Å². The molecule has 1 amide bonds. The second kappa shape index (κ2) is 7.25. The van der Waals surface area contributed by atoms with Crippen LogP contribution in [-0.2, 0) is 29.0 Å². The van der Waals surface area contributed by atoms with E-state index in [0.717, 1.165) is 22.0 Å². The van der Waals surface area contributed by atoms with Crippen LogP contribution in [0.25, 0.3) is 10.9 Å². The summed E-state index contributed by atoms with van der Waals surface area (Å²) in [7, 11) is 0. The fourth-order valence-corrected chi connectivity index (χ4v) is 3.63. The highest BCUT2D eigenvalue weighted by Gasteiger charge is 2.28. The van der Waals surface area contributed by atoms with Gasteiger partial charge in [-0.1, -0.05) is 42.5 Å². The van der Waals surface area contributed by atoms with Crippen molar-refractivity contribution in [1.29, 1.82) is 0 Å². The zero-order valence-electron chi connectivity index (χ0n) is 14.7. The Bertz CT molecular complexity index is 995. The Kier molecular flexibility index (Phi) is 4.64. The molecule has 138 valence electrons. The van der Waals surface area contributed by atoms with Crippen LogP contribution >= 0.6 is 0 Å². The summed E-state index contributed by atoms with van der Waals surface area (Å²) in [4.78, 5) is 27.5. The predicted octanol–water partition coefficient (Wildman–Crippen LogP) is 1.99. The number of rotatable bonds is 5. The van der Waals surface area contributed by atoms with Gasteiger partial charge in [-0.15, -0.1) is 0 Å². The smallest absolute Gasteiger partial charge is 0.326 e. The molecule has 0 saturated heterocycles. The lowest BCUT2D eigenvalue weighted by Gasteiger charge is -2.26. The number of carboxylic acids is 1. The van der Waals surface area contributed by atoms with Crippen molar-refractivity contribution in [2.75, 3.05) is 0 Å². The molecule has 0 radical (unpaired) electrons. The second-order valence-electron chi connectivity index (χ2n) is 6.87. The molecule has 2 heterocycles. The quantitative estimate of drug-likeness (QED) is 0.558. The normalized spacial score (nSPS) is 17.3. The number of hydrogen-bond donors (Lipinski definition) is 4. The maximum atomic E-state index is 12.7. The molecule has 0 saturated carbocycles. The molecule has 1 aliphatic heterocycles. The molecule has 4 N–H and O–H groups in total. The van der Waals surface area contributed by atoms with Gasteiger partial charge in [0.2, 0.25) is 5.91 Å². The molecule has 3 aromatic rings. The molecule has 27 heavy (non-hydrogen) atoms. The van der Waals surface area contributed by atoms with E-state index in [1.54, 1.807) is 0 Å². The van der Waals surface area contributed by atoms with Crippen LogP contribution in [0, 0.1) is 0 Å². The number of aliphatic carboxylic acids is 1. The lowest BCUT2D eigenvalue weighted by Crippen LogP contribution is -2.52. The number of nitrogens with one attached hydrogen (secondary N) is 3. The predicted molar refractivity (Wildman–Crippen MR) is 102 cm³/mol. The topological polar surface area (TPSA) is 94.2 Å². The average molecular weight is 363 g/mol. The van der Waals surface area contributed by atoms with Gasteiger partial charge < -0.3 is 20.7 Å². The van der Waals surface area contributed by atoms with E-state index in [1.165, 1.54) is 5.56 Å². The van der Waals surface area contributed by atoms with Gasteiger partial charge in [0.05, 0.1) is 6.04 Å². The zero-order valence-corrected chi connectivity index (χ0v) is 14.7. The molecule has 6 heteroatoms. The van der Waals surface area contributed by atoms with Crippen LogP contribution in [0.15, 0.2) is 54.7 Å². The summed E-state index contributed by atoms with van der Waals surface area (Å²) in [5, 5.41) is 16.5. The summed E-state index contributed by atoms with van der Waals surface area (Å²) in [5.74, 6) is -1.32. The number of para-hydroxylation sites is 1. The Morgan fingerprint density at radius 2 is 1.85 bits per heavy atom. The zero-order chi connectivity index (χ0) is 18.8. The number of carbonyl (C=O) groups excluding carboxylic acids is 1. The van der Waals surface area contributed by atoms with Crippen LogP contribution < -0.4 is 10.6 Å². The summed E-state index contributed by atoms with van der Waals surface area (Å²) >= 11 is 0. The molecule has 0 spiro atoms. The van der Waals surface area contributed by atoms with Gasteiger partial charge in [0.15, 0.2) is 0 Å². The van der Waals surface area contributed by atoms with Crippen molar-refractivity contribution in [2.24, 2.45) is 0 Å². The SMILES string of the molecule is O=C(O)C(Cc1c[nH]c2ccccc12)NC(=O)[C@@H]1Cc2ccccc2CN1. The minimum Gasteiger partial charge on any atom is -0.480 e. The third-order valence-electron chi connectivity index (χ3n) is 5.11. The van der Waals surface area contributed by atoms with Gasteiger partial charge in [-0.3, -0.25) is 4.79 Å². The average Bonchev–Trinajstić information content (AvgIpc) is 3.10. The molecule has 0 aliphatic carbocycles. The first-order valence-corrected chi connectivity index (χ1v) is 9.00. The minimum absolute atomic E-state index is 0.231. The first-order chi connectivity index (χ1) is 13.1. The minimum atomic E-state index is -1.04. The van der Waals surface area contributed by atoms with E-state index in [9.17, 15) is 14.7 Å². The van der Waals surface area contributed by atoms with Gasteiger partial charge in [0.25, 0.3) is 0 Å². The monoisotopic (exact) mass is 363 g/mol. The summed E-state index contributed by atoms with van der Waals surface area (Å²) in [6, 6.07) is 14.3. The standard InChI is InChI=1S/C21H21N3O3/c25-20(18-9-13-5-1-2-6-14(13)11-23-18)24-19(21(26)27)10-15-12-22-17-8-4-3-7-16(15)17/h1-8,12,18-19,22-23H,9-11H2,(H,24,25)(H,26,27)/t18-,19?/m0/s1. The van der Waals surface area contributed by atoms with E-state index in [0.29, 0.717) is 13.0 Å². The van der Waals surface area contributed by atoms with Gasteiger partial charge >= 0.3 is 5.97 Å². The first kappa shape index (κ1) is 17.3. The lowest BCUT2D eigenvalue weighted by atomic mass is 9.95. The van der Waals surface area contributed by atoms with Gasteiger partial charge in [0.1, 0.15) is 6.04 Å². The maximum Gasteiger partial charge on any atom is 0.326 e. The summed E-state index contributed by atoms with van der Waals surface area (Å²) in [5.41, 5.74) is 4.13. The second-order valence-corrected chi connectivity index (χ2v) is 6.87. The maximum absolute atomic E-state index is 12.7. The molecule has 4 rings (SSSR count). The van der Waals surface area contributed by atoms with E-state index in [4.69, 9.17) is 0 Å². The van der Waals surface area contributed by atoms with E-state index < -0.39 is 18.1 Å². The number of H-pyrrole nitrogens is 1. The van der Waals surface area contributed by atoms with Crippen LogP contribution in [0.2, 0.25) is 0 Å². The third kappa shape index (κ3) is 3.57. The van der Waals surface area contributed by atoms with E-state index >= 15 is 0 Å². The molecule has 1 aliphatic rings. The molecular formula is C21H21N3O3. The van der Waals surface area contributed by atoms with Crippen molar-refractivity contribution in [3.8, 4) is 0 Å². The molecule has 1 unspecified atom stereocenters. The highest BCUT2D eigenvalue weighted by molar-refractivity contribution is 5.89. The molecule has 2 aromatic carbocycles. The van der Waals surface area contributed by atoms with Crippen molar-refractivity contribution in [3.05, 3.63) is 71.4 Å². The fraction of sp³-hybridized carbons (Fsp3) is 0.238. The molecule has 6 nitrogen and oxygen atoms in total. The molecule has 0 fully saturated rings. The van der Waals surface area contributed by atoms with Gasteiger partial charge in [-0.2, -0.15) is 0 Å². The number of aromatic amines is 1. The number of amides is 1. The number of carbonyl (C=O) groups is 2. The van der Waals surface area contributed by atoms with Crippen LogP contribution in [0.4, 0.5) is 0 Å². The number of benzene rings is 2. The highest BCUT2D eigenvalue weighted by Crippen LogP contribution is 2.20. The summed E-state index contributed by atoms with van der Waals surface area (Å²) in [6.45, 7) is 0.606. The van der Waals surface area contributed by atoms with Crippen molar-refractivity contribution in [2.45, 2.75) is 31.5 Å². The Morgan fingerprint density at radius 1 is 1.11 bits per heavy atom. The van der Waals surface area contributed by atoms with Crippen LogP contribution in [0.3, 0.4) is 0 Å². The van der Waals surface area contributed by atoms with Crippen LogP contribution in [0.5, 0.6) is 0 Å². The molecule has 2 atom stereocenters. The Labute approximate surface area is 156 Å². The summed E-state index contributed by atoms with van der Waals surface area (Å²) in [6.07, 6.45) is 2.59. The third-order valence-corrected chi connectivity index (χ3v) is 5.11. The number of carboxylic acid groups (broad SMARTS) is 1. The van der Waals surface area contributed by atoms with E-state index in [-0.39, 0.29) is 12.3 Å². The van der Waals surface area contributed by atoms with E-state index in [2.05, 4.69) is 15.6 Å². The summed E-state index contributed by atoms with van der Waals surface area (Å²) < 4.78 is 0. The van der Waals surface area contributed by atoms with Crippen molar-refractivity contribution < 1.29 is 14.7 Å². The number of fused-ring (bicyclic) bond motifs is 2. The van der Waals surface area contributed by atoms with Gasteiger partial charge in [0, 0.05) is 30.1 Å². The molecule has 0 bridgehead atoms. The first-order valence-electron chi connectivity index (χ1n) is 9.00. The Balaban J connectivity index is 1.47. The number of aromatic nitrogens is 1. The lowest BCUT2D eigenvalue weighted by molar-refractivity contribution is -0.142. The fourth-order valence-electron chi connectivity index (χ4n) is 3.63. The number of hydrogen-bond acceptors (Lipinski definition) is 3. The van der Waals surface area contributed by atoms with Crippen LogP contribution in [-0.4, -0.2) is 34.1 Å². The molecule has 1 aromatic heterocycles. The largest absolute Gasteiger partial charge is 0.480 e. The Morgan fingerprint density at radius 3 is 2.67 bits per heavy atom. The highest BCUT2D eigenvalue weighted by atomic mass is 16.4. The van der Waals surface area contributed by atoms with Gasteiger partial charge in [-0.25, -0.2) is 4.79 Å².